The fourth-order valence-electron chi connectivity index (χ4n) is 4.27. The topological polar surface area (TPSA) is 120 Å². The Hall–Kier alpha value is -2.67. The van der Waals surface area contributed by atoms with Gasteiger partial charge in [-0.3, -0.25) is 25.6 Å². The molecule has 10 nitrogen and oxygen atoms in total. The van der Waals surface area contributed by atoms with Crippen LogP contribution in [0.1, 0.15) is 38.3 Å². The van der Waals surface area contributed by atoms with Crippen LogP contribution in [-0.2, 0) is 20.5 Å². The second-order valence-electron chi connectivity index (χ2n) is 8.49. The van der Waals surface area contributed by atoms with Gasteiger partial charge in [0, 0.05) is 13.1 Å². The van der Waals surface area contributed by atoms with Crippen molar-refractivity contribution in [2.75, 3.05) is 43.2 Å². The second kappa shape index (κ2) is 11.0. The molecular weight excluding hydrogens is 445 g/mol. The highest BCUT2D eigenvalue weighted by Crippen LogP contribution is 2.36. The number of anilines is 2. The Morgan fingerprint density at radius 2 is 2.00 bits per heavy atom. The average molecular weight is 474 g/mol. The van der Waals surface area contributed by atoms with Crippen molar-refractivity contribution in [1.29, 1.82) is 0 Å². The van der Waals surface area contributed by atoms with Crippen LogP contribution in [0.4, 0.5) is 24.8 Å². The minimum absolute atomic E-state index is 0.0760. The summed E-state index contributed by atoms with van der Waals surface area (Å²) in [7, 11) is 0. The monoisotopic (exact) mass is 474 g/mol. The number of aromatic nitrogens is 2. The standard InChI is InChI=1S/C20H29F3N6O4/c1-13-2-4-14(5-3-13)15(11-29(32)12-30)18(31)26-27-19-24-10-16(17(25-19)20(21,22)23)28-6-8-33-9-7-28/h10,12-15,32H,2-9,11H2,1H3,(H,26,31)(H,24,25,27)/t13?,14?,15-/m0/s1. The van der Waals surface area contributed by atoms with Crippen LogP contribution >= 0.6 is 0 Å². The lowest BCUT2D eigenvalue weighted by Gasteiger charge is -2.32. The number of hydroxylamine groups is 2. The number of nitrogens with one attached hydrogen (secondary N) is 2. The van der Waals surface area contributed by atoms with E-state index in [1.807, 2.05) is 0 Å². The Morgan fingerprint density at radius 3 is 2.61 bits per heavy atom. The van der Waals surface area contributed by atoms with Gasteiger partial charge in [0.1, 0.15) is 0 Å². The molecule has 0 radical (unpaired) electrons. The maximum absolute atomic E-state index is 13.6. The molecular formula is C20H29F3N6O4. The van der Waals surface area contributed by atoms with Crippen LogP contribution in [0.25, 0.3) is 0 Å². The Bertz CT molecular complexity index is 813. The first kappa shape index (κ1) is 25.0. The third-order valence-corrected chi connectivity index (χ3v) is 6.16. The molecule has 0 unspecified atom stereocenters. The highest BCUT2D eigenvalue weighted by molar-refractivity contribution is 5.80. The molecule has 2 amide bonds. The minimum Gasteiger partial charge on any atom is -0.378 e. The van der Waals surface area contributed by atoms with Crippen LogP contribution in [0.15, 0.2) is 6.20 Å². The molecule has 1 saturated carbocycles. The molecule has 184 valence electrons. The van der Waals surface area contributed by atoms with E-state index in [0.29, 0.717) is 24.2 Å². The molecule has 3 N–H and O–H groups in total. The zero-order chi connectivity index (χ0) is 24.0. The highest BCUT2D eigenvalue weighted by Gasteiger charge is 2.38. The summed E-state index contributed by atoms with van der Waals surface area (Å²) in [6.07, 6.45) is -0.131. The van der Waals surface area contributed by atoms with Gasteiger partial charge >= 0.3 is 6.18 Å². The Labute approximate surface area is 189 Å². The molecule has 3 rings (SSSR count). The smallest absolute Gasteiger partial charge is 0.378 e. The number of nitrogens with zero attached hydrogens (tertiary/aromatic N) is 4. The quantitative estimate of drug-likeness (QED) is 0.298. The summed E-state index contributed by atoms with van der Waals surface area (Å²) in [4.78, 5) is 32.7. The van der Waals surface area contributed by atoms with Crippen LogP contribution < -0.4 is 15.8 Å². The van der Waals surface area contributed by atoms with Crippen LogP contribution in [0.2, 0.25) is 0 Å². The third kappa shape index (κ3) is 6.67. The Balaban J connectivity index is 1.72. The number of hydrazine groups is 1. The third-order valence-electron chi connectivity index (χ3n) is 6.16. The van der Waals surface area contributed by atoms with Gasteiger partial charge in [0.05, 0.1) is 37.6 Å². The number of carbonyl (C=O) groups excluding carboxylic acids is 2. The normalized spacial score (nSPS) is 22.4. The number of alkyl halides is 3. The van der Waals surface area contributed by atoms with Gasteiger partial charge in [0.15, 0.2) is 5.69 Å². The lowest BCUT2D eigenvalue weighted by molar-refractivity contribution is -0.156. The molecule has 2 fully saturated rings. The van der Waals surface area contributed by atoms with Crippen LogP contribution in [0.5, 0.6) is 0 Å². The SMILES string of the molecule is CC1CCC([C@H](CN(O)C=O)C(=O)NNc2ncc(N3CCOCC3)c(C(F)(F)F)n2)CC1. The molecule has 1 aliphatic heterocycles. The number of hydrogen-bond acceptors (Lipinski definition) is 8. The molecule has 2 aliphatic rings. The minimum atomic E-state index is -4.72. The maximum Gasteiger partial charge on any atom is 0.435 e. The van der Waals surface area contributed by atoms with Gasteiger partial charge in [0.2, 0.25) is 18.3 Å². The van der Waals surface area contributed by atoms with E-state index in [9.17, 15) is 28.0 Å². The van der Waals surface area contributed by atoms with Crippen molar-refractivity contribution in [3.8, 4) is 0 Å². The van der Waals surface area contributed by atoms with Crippen LogP contribution in [0, 0.1) is 17.8 Å². The van der Waals surface area contributed by atoms with Crippen LogP contribution in [0.3, 0.4) is 0 Å². The van der Waals surface area contributed by atoms with Crippen molar-refractivity contribution in [3.63, 3.8) is 0 Å². The Morgan fingerprint density at radius 1 is 1.33 bits per heavy atom. The van der Waals surface area contributed by atoms with E-state index in [-0.39, 0.29) is 37.6 Å². The van der Waals surface area contributed by atoms with Crippen LogP contribution in [-0.4, -0.2) is 65.4 Å². The van der Waals surface area contributed by atoms with Gasteiger partial charge in [-0.15, -0.1) is 0 Å². The summed E-state index contributed by atoms with van der Waals surface area (Å²) in [6.45, 7) is 3.07. The van der Waals surface area contributed by atoms with Crippen molar-refractivity contribution in [1.82, 2.24) is 20.5 Å². The molecule has 0 bridgehead atoms. The average Bonchev–Trinajstić information content (AvgIpc) is 2.81. The molecule has 1 atom stereocenters. The molecule has 1 aromatic rings. The summed E-state index contributed by atoms with van der Waals surface area (Å²) in [5.41, 5.74) is 3.43. The van der Waals surface area contributed by atoms with E-state index in [4.69, 9.17) is 4.74 Å². The number of amides is 2. The molecule has 0 spiro atoms. The maximum atomic E-state index is 13.6. The van der Waals surface area contributed by atoms with Crippen molar-refractivity contribution in [2.24, 2.45) is 17.8 Å². The van der Waals surface area contributed by atoms with E-state index in [0.717, 1.165) is 31.9 Å². The van der Waals surface area contributed by atoms with E-state index < -0.39 is 29.6 Å². The first-order valence-corrected chi connectivity index (χ1v) is 10.9. The first-order valence-electron chi connectivity index (χ1n) is 10.9. The number of ether oxygens (including phenoxy) is 1. The fourth-order valence-corrected chi connectivity index (χ4v) is 4.27. The number of rotatable bonds is 8. The Kier molecular flexibility index (Phi) is 8.30. The highest BCUT2D eigenvalue weighted by atomic mass is 19.4. The number of morpholine rings is 1. The molecule has 1 aromatic heterocycles. The summed E-state index contributed by atoms with van der Waals surface area (Å²) in [6, 6.07) is 0. The van der Waals surface area contributed by atoms with Crippen molar-refractivity contribution in [2.45, 2.75) is 38.8 Å². The number of hydrogen-bond donors (Lipinski definition) is 3. The second-order valence-corrected chi connectivity index (χ2v) is 8.49. The van der Waals surface area contributed by atoms with E-state index in [2.05, 4.69) is 27.7 Å². The van der Waals surface area contributed by atoms with Gasteiger partial charge in [-0.1, -0.05) is 19.8 Å². The van der Waals surface area contributed by atoms with Gasteiger partial charge in [-0.2, -0.15) is 13.2 Å². The fraction of sp³-hybridized carbons (Fsp3) is 0.700. The van der Waals surface area contributed by atoms with Gasteiger partial charge in [-0.05, 0) is 24.7 Å². The molecule has 1 aliphatic carbocycles. The largest absolute Gasteiger partial charge is 0.435 e. The summed E-state index contributed by atoms with van der Waals surface area (Å²) in [5.74, 6) is -1.27. The summed E-state index contributed by atoms with van der Waals surface area (Å²) in [5, 5.41) is 10.0. The zero-order valence-electron chi connectivity index (χ0n) is 18.3. The summed E-state index contributed by atoms with van der Waals surface area (Å²) >= 11 is 0. The van der Waals surface area contributed by atoms with E-state index >= 15 is 0 Å². The van der Waals surface area contributed by atoms with Crippen molar-refractivity contribution in [3.05, 3.63) is 11.9 Å². The molecule has 2 heterocycles. The zero-order valence-corrected chi connectivity index (χ0v) is 18.3. The first-order chi connectivity index (χ1) is 15.7. The molecule has 0 aromatic carbocycles. The lowest BCUT2D eigenvalue weighted by atomic mass is 9.76. The predicted molar refractivity (Wildman–Crippen MR) is 111 cm³/mol. The number of halogens is 3. The van der Waals surface area contributed by atoms with Gasteiger partial charge in [-0.25, -0.2) is 15.0 Å². The molecule has 1 saturated heterocycles. The lowest BCUT2D eigenvalue weighted by Crippen LogP contribution is -2.44. The number of carbonyl (C=O) groups is 2. The molecule has 13 heteroatoms. The van der Waals surface area contributed by atoms with E-state index in [1.54, 1.807) is 0 Å². The van der Waals surface area contributed by atoms with Crippen molar-refractivity contribution >= 4 is 24.0 Å². The summed E-state index contributed by atoms with van der Waals surface area (Å²) < 4.78 is 46.1. The van der Waals surface area contributed by atoms with Gasteiger partial charge in [0.25, 0.3) is 0 Å². The van der Waals surface area contributed by atoms with Crippen molar-refractivity contribution < 1.29 is 32.7 Å². The van der Waals surface area contributed by atoms with Gasteiger partial charge < -0.3 is 9.64 Å². The van der Waals surface area contributed by atoms with E-state index in [1.165, 1.54) is 4.90 Å². The molecule has 33 heavy (non-hydrogen) atoms. The predicted octanol–water partition coefficient (Wildman–Crippen LogP) is 2.07.